The van der Waals surface area contributed by atoms with Gasteiger partial charge in [-0.05, 0) is 24.5 Å². The molecule has 0 spiro atoms. The van der Waals surface area contributed by atoms with E-state index < -0.39 is 62.7 Å². The molecule has 2 aromatic rings. The van der Waals surface area contributed by atoms with Gasteiger partial charge in [-0.2, -0.15) is 0 Å². The van der Waals surface area contributed by atoms with Crippen LogP contribution in [0.15, 0.2) is 10.9 Å². The van der Waals surface area contributed by atoms with Gasteiger partial charge in [-0.1, -0.05) is 13.3 Å². The molecule has 0 saturated heterocycles. The topological polar surface area (TPSA) is 143 Å². The number of rotatable bonds is 5. The maximum Gasteiger partial charge on any atom is 0.358 e. The van der Waals surface area contributed by atoms with Gasteiger partial charge in [0.25, 0.3) is 0 Å². The van der Waals surface area contributed by atoms with Gasteiger partial charge in [-0.15, -0.1) is 0 Å². The number of nitrogens with one attached hydrogen (secondary N) is 1. The minimum absolute atomic E-state index is 0.192. The van der Waals surface area contributed by atoms with Crippen molar-refractivity contribution < 1.29 is 34.1 Å². The molecule has 3 N–H and O–H groups in total. The van der Waals surface area contributed by atoms with E-state index in [0.717, 1.165) is 20.6 Å². The zero-order chi connectivity index (χ0) is 21.5. The van der Waals surface area contributed by atoms with E-state index >= 15 is 0 Å². The standard InChI is InChI=1S/C20H19NO8/c1-4-5-6-8-7-9-10(17(25)14(8)22)16(24)12-11(15(9)23)18(26)19(28-2)13(21-12)20(27)29-3/h7,22,25H,4-6H2,1-3H3,(H,21,26). The Hall–Kier alpha value is -3.62. The number of H-pyrrole nitrogens is 1. The molecule has 0 unspecified atom stereocenters. The number of carbonyl (C=O) groups excluding carboxylic acids is 3. The summed E-state index contributed by atoms with van der Waals surface area (Å²) in [5.41, 5.74) is -2.70. The molecule has 3 rings (SSSR count). The molecule has 0 saturated carbocycles. The molecule has 0 aliphatic heterocycles. The van der Waals surface area contributed by atoms with Crippen molar-refractivity contribution in [2.24, 2.45) is 0 Å². The van der Waals surface area contributed by atoms with Crippen molar-refractivity contribution >= 4 is 17.5 Å². The zero-order valence-corrected chi connectivity index (χ0v) is 16.0. The summed E-state index contributed by atoms with van der Waals surface area (Å²) < 4.78 is 9.54. The third kappa shape index (κ3) is 2.95. The number of aryl methyl sites for hydroxylation is 1. The number of unbranched alkanes of at least 4 members (excludes halogenated alkanes) is 1. The SMILES string of the molecule is CCCCc1cc2c(c(O)c1O)C(=O)c1[nH]c(C(=O)OC)c(OC)c(=O)c1C2=O. The molecule has 29 heavy (non-hydrogen) atoms. The van der Waals surface area contributed by atoms with Crippen molar-refractivity contribution in [3.8, 4) is 17.2 Å². The van der Waals surface area contributed by atoms with Gasteiger partial charge >= 0.3 is 5.97 Å². The monoisotopic (exact) mass is 401 g/mol. The Kier molecular flexibility index (Phi) is 5.15. The number of ether oxygens (including phenoxy) is 2. The van der Waals surface area contributed by atoms with Crippen LogP contribution >= 0.6 is 0 Å². The molecule has 1 aromatic heterocycles. The lowest BCUT2D eigenvalue weighted by Gasteiger charge is -2.21. The number of benzene rings is 1. The highest BCUT2D eigenvalue weighted by atomic mass is 16.5. The summed E-state index contributed by atoms with van der Waals surface area (Å²) in [5.74, 6) is -4.41. The molecular weight excluding hydrogens is 382 g/mol. The van der Waals surface area contributed by atoms with Gasteiger partial charge in [0, 0.05) is 5.56 Å². The lowest BCUT2D eigenvalue weighted by atomic mass is 9.83. The van der Waals surface area contributed by atoms with Crippen LogP contribution in [0.25, 0.3) is 0 Å². The normalized spacial score (nSPS) is 12.4. The fourth-order valence-corrected chi connectivity index (χ4v) is 3.35. The summed E-state index contributed by atoms with van der Waals surface area (Å²) >= 11 is 0. The van der Waals surface area contributed by atoms with Crippen molar-refractivity contribution in [2.75, 3.05) is 14.2 Å². The van der Waals surface area contributed by atoms with Crippen molar-refractivity contribution in [2.45, 2.75) is 26.2 Å². The number of ketones is 2. The predicted octanol–water partition coefficient (Wildman–Crippen LogP) is 1.70. The second kappa shape index (κ2) is 7.42. The molecule has 9 heteroatoms. The maximum atomic E-state index is 13.0. The number of methoxy groups -OCH3 is 2. The van der Waals surface area contributed by atoms with Crippen LogP contribution in [-0.2, 0) is 11.2 Å². The summed E-state index contributed by atoms with van der Waals surface area (Å²) in [7, 11) is 2.21. The van der Waals surface area contributed by atoms with Gasteiger partial charge in [0.05, 0.1) is 19.8 Å². The van der Waals surface area contributed by atoms with E-state index in [0.29, 0.717) is 18.4 Å². The minimum atomic E-state index is -0.977. The highest BCUT2D eigenvalue weighted by Crippen LogP contribution is 2.40. The second-order valence-electron chi connectivity index (χ2n) is 6.52. The number of fused-ring (bicyclic) bond motifs is 2. The van der Waals surface area contributed by atoms with Gasteiger partial charge in [0.15, 0.2) is 28.7 Å². The van der Waals surface area contributed by atoms with E-state index in [2.05, 4.69) is 9.72 Å². The Morgan fingerprint density at radius 2 is 1.76 bits per heavy atom. The minimum Gasteiger partial charge on any atom is -0.504 e. The molecule has 1 aromatic carbocycles. The van der Waals surface area contributed by atoms with Gasteiger partial charge in [-0.3, -0.25) is 14.4 Å². The Morgan fingerprint density at radius 3 is 2.34 bits per heavy atom. The molecule has 152 valence electrons. The van der Waals surface area contributed by atoms with Gasteiger partial charge in [0.1, 0.15) is 11.3 Å². The number of hydrogen-bond acceptors (Lipinski definition) is 8. The number of aromatic amines is 1. The number of pyridine rings is 1. The summed E-state index contributed by atoms with van der Waals surface area (Å²) in [6, 6.07) is 1.31. The molecule has 1 heterocycles. The van der Waals surface area contributed by atoms with Crippen LogP contribution in [0, 0.1) is 0 Å². The number of aromatic nitrogens is 1. The number of carbonyl (C=O) groups is 3. The first-order chi connectivity index (χ1) is 13.8. The van der Waals surface area contributed by atoms with Crippen LogP contribution in [0.1, 0.15) is 67.8 Å². The van der Waals surface area contributed by atoms with Crippen molar-refractivity contribution in [3.05, 3.63) is 49.9 Å². The summed E-state index contributed by atoms with van der Waals surface area (Å²) in [5, 5.41) is 20.7. The van der Waals surface area contributed by atoms with Crippen LogP contribution < -0.4 is 10.2 Å². The van der Waals surface area contributed by atoms with E-state index in [1.54, 1.807) is 0 Å². The summed E-state index contributed by atoms with van der Waals surface area (Å²) in [6.45, 7) is 1.94. The molecule has 1 aliphatic carbocycles. The van der Waals surface area contributed by atoms with E-state index in [1.807, 2.05) is 6.92 Å². The first-order valence-electron chi connectivity index (χ1n) is 8.88. The first kappa shape index (κ1) is 20.1. The third-order valence-electron chi connectivity index (χ3n) is 4.83. The Morgan fingerprint density at radius 1 is 1.07 bits per heavy atom. The molecular formula is C20H19NO8. The second-order valence-corrected chi connectivity index (χ2v) is 6.52. The number of esters is 1. The quantitative estimate of drug-likeness (QED) is 0.433. The van der Waals surface area contributed by atoms with Crippen molar-refractivity contribution in [1.29, 1.82) is 0 Å². The molecule has 0 amide bonds. The fraction of sp³-hybridized carbons (Fsp3) is 0.300. The highest BCUT2D eigenvalue weighted by Gasteiger charge is 2.39. The van der Waals surface area contributed by atoms with E-state index in [4.69, 9.17) is 4.74 Å². The van der Waals surface area contributed by atoms with E-state index in [1.165, 1.54) is 6.07 Å². The fourth-order valence-electron chi connectivity index (χ4n) is 3.35. The summed E-state index contributed by atoms with van der Waals surface area (Å²) in [6.07, 6.45) is 1.86. The number of phenolic OH excluding ortho intramolecular Hbond substituents is 2. The van der Waals surface area contributed by atoms with Crippen LogP contribution in [0.2, 0.25) is 0 Å². The van der Waals surface area contributed by atoms with E-state index in [9.17, 15) is 29.4 Å². The molecule has 0 fully saturated rings. The molecule has 0 atom stereocenters. The Bertz CT molecular complexity index is 1110. The Labute approximate surface area is 164 Å². The average Bonchev–Trinajstić information content (AvgIpc) is 2.71. The number of aromatic hydroxyl groups is 2. The third-order valence-corrected chi connectivity index (χ3v) is 4.83. The van der Waals surface area contributed by atoms with Crippen LogP contribution in [0.5, 0.6) is 17.2 Å². The van der Waals surface area contributed by atoms with Crippen molar-refractivity contribution in [1.82, 2.24) is 4.98 Å². The largest absolute Gasteiger partial charge is 0.504 e. The highest BCUT2D eigenvalue weighted by molar-refractivity contribution is 6.29. The molecule has 0 bridgehead atoms. The van der Waals surface area contributed by atoms with Crippen LogP contribution in [0.3, 0.4) is 0 Å². The lowest BCUT2D eigenvalue weighted by Crippen LogP contribution is -2.32. The van der Waals surface area contributed by atoms with Crippen LogP contribution in [-0.4, -0.2) is 47.0 Å². The number of hydrogen-bond donors (Lipinski definition) is 3. The van der Waals surface area contributed by atoms with Gasteiger partial charge in [0.2, 0.25) is 11.2 Å². The maximum absolute atomic E-state index is 13.0. The number of phenols is 2. The lowest BCUT2D eigenvalue weighted by molar-refractivity contribution is 0.0589. The molecule has 9 nitrogen and oxygen atoms in total. The predicted molar refractivity (Wildman–Crippen MR) is 100 cm³/mol. The van der Waals surface area contributed by atoms with Gasteiger partial charge < -0.3 is 24.7 Å². The Balaban J connectivity index is 2.32. The van der Waals surface area contributed by atoms with Gasteiger partial charge in [-0.25, -0.2) is 4.79 Å². The first-order valence-corrected chi connectivity index (χ1v) is 8.88. The smallest absolute Gasteiger partial charge is 0.358 e. The molecule has 0 radical (unpaired) electrons. The van der Waals surface area contributed by atoms with Crippen molar-refractivity contribution in [3.63, 3.8) is 0 Å². The molecule has 1 aliphatic rings. The summed E-state index contributed by atoms with van der Waals surface area (Å²) in [4.78, 5) is 53.3. The zero-order valence-electron chi connectivity index (χ0n) is 16.0. The average molecular weight is 401 g/mol. The van der Waals surface area contributed by atoms with E-state index in [-0.39, 0.29) is 5.56 Å². The van der Waals surface area contributed by atoms with Crippen LogP contribution in [0.4, 0.5) is 0 Å².